The highest BCUT2D eigenvalue weighted by molar-refractivity contribution is 5.96. The van der Waals surface area contributed by atoms with E-state index in [1.165, 1.54) is 5.56 Å². The number of aromatic nitrogens is 1. The van der Waals surface area contributed by atoms with Gasteiger partial charge in [-0.1, -0.05) is 32.0 Å². The van der Waals surface area contributed by atoms with Gasteiger partial charge in [-0.05, 0) is 42.2 Å². The molecule has 0 radical (unpaired) electrons. The van der Waals surface area contributed by atoms with E-state index in [0.717, 1.165) is 27.7 Å². The van der Waals surface area contributed by atoms with Crippen molar-refractivity contribution in [2.45, 2.75) is 33.1 Å². The Bertz CT molecular complexity index is 972. The number of aliphatic carboxylic acids is 1. The Morgan fingerprint density at radius 2 is 1.96 bits per heavy atom. The van der Waals surface area contributed by atoms with E-state index in [-0.39, 0.29) is 6.42 Å². The van der Waals surface area contributed by atoms with E-state index in [1.807, 2.05) is 37.3 Å². The summed E-state index contributed by atoms with van der Waals surface area (Å²) in [6.45, 7) is 6.73. The van der Waals surface area contributed by atoms with E-state index in [0.29, 0.717) is 24.0 Å². The van der Waals surface area contributed by atoms with Crippen LogP contribution < -0.4 is 9.47 Å². The van der Waals surface area contributed by atoms with Gasteiger partial charge in [-0.15, -0.1) is 0 Å². The van der Waals surface area contributed by atoms with Crippen LogP contribution in [0, 0.1) is 0 Å². The maximum Gasteiger partial charge on any atom is 0.307 e. The Morgan fingerprint density at radius 3 is 2.59 bits per heavy atom. The number of nitrogens with one attached hydrogen (secondary N) is 1. The summed E-state index contributed by atoms with van der Waals surface area (Å²) in [5.41, 5.74) is 4.63. The van der Waals surface area contributed by atoms with Gasteiger partial charge in [0.25, 0.3) is 0 Å². The molecule has 1 heterocycles. The normalized spacial score (nSPS) is 11.1. The number of para-hydroxylation sites is 1. The van der Waals surface area contributed by atoms with Crippen molar-refractivity contribution in [1.82, 2.24) is 4.98 Å². The molecule has 0 aliphatic carbocycles. The molecule has 3 aromatic rings. The van der Waals surface area contributed by atoms with Crippen LogP contribution in [0.3, 0.4) is 0 Å². The molecule has 1 aromatic heterocycles. The van der Waals surface area contributed by atoms with Crippen LogP contribution in [0.25, 0.3) is 22.2 Å². The second-order valence-corrected chi connectivity index (χ2v) is 6.77. The molecule has 0 saturated heterocycles. The number of ether oxygens (including phenoxy) is 2. The predicted molar refractivity (Wildman–Crippen MR) is 107 cm³/mol. The summed E-state index contributed by atoms with van der Waals surface area (Å²) in [5.74, 6) is 0.763. The smallest absolute Gasteiger partial charge is 0.307 e. The minimum absolute atomic E-state index is 0.0492. The van der Waals surface area contributed by atoms with Crippen LogP contribution in [-0.2, 0) is 11.2 Å². The van der Waals surface area contributed by atoms with Gasteiger partial charge in [0, 0.05) is 16.5 Å². The predicted octanol–water partition coefficient (Wildman–Crippen LogP) is 4.99. The quantitative estimate of drug-likeness (QED) is 0.617. The molecule has 142 valence electrons. The number of fused-ring (bicyclic) bond motifs is 1. The molecule has 3 rings (SSSR count). The van der Waals surface area contributed by atoms with Gasteiger partial charge < -0.3 is 19.6 Å². The first-order valence-electron chi connectivity index (χ1n) is 9.12. The minimum Gasteiger partial charge on any atom is -0.493 e. The molecule has 0 saturated carbocycles. The molecule has 0 bridgehead atoms. The van der Waals surface area contributed by atoms with Crippen molar-refractivity contribution < 1.29 is 19.4 Å². The largest absolute Gasteiger partial charge is 0.493 e. The highest BCUT2D eigenvalue weighted by Gasteiger charge is 2.19. The van der Waals surface area contributed by atoms with Crippen LogP contribution in [0.2, 0.25) is 0 Å². The molecule has 2 N–H and O–H groups in total. The summed E-state index contributed by atoms with van der Waals surface area (Å²) in [7, 11) is 1.60. The molecule has 0 amide bonds. The Kier molecular flexibility index (Phi) is 5.40. The number of carboxylic acids is 1. The third-order valence-electron chi connectivity index (χ3n) is 4.68. The monoisotopic (exact) mass is 367 g/mol. The molecular formula is C22H25NO4. The molecule has 5 heteroatoms. The first-order chi connectivity index (χ1) is 13.0. The molecule has 0 aliphatic rings. The van der Waals surface area contributed by atoms with Gasteiger partial charge in [0.1, 0.15) is 0 Å². The Balaban J connectivity index is 2.24. The number of benzene rings is 2. The minimum atomic E-state index is -0.856. The van der Waals surface area contributed by atoms with Crippen molar-refractivity contribution in [2.24, 2.45) is 0 Å². The topological polar surface area (TPSA) is 71.6 Å². The molecular weight excluding hydrogens is 342 g/mol. The third kappa shape index (κ3) is 3.63. The first-order valence-corrected chi connectivity index (χ1v) is 9.12. The molecule has 0 atom stereocenters. The maximum atomic E-state index is 11.5. The molecule has 0 fully saturated rings. The van der Waals surface area contributed by atoms with Crippen LogP contribution in [0.1, 0.15) is 37.8 Å². The molecule has 0 spiro atoms. The summed E-state index contributed by atoms with van der Waals surface area (Å²) < 4.78 is 11.1. The van der Waals surface area contributed by atoms with Gasteiger partial charge in [-0.3, -0.25) is 4.79 Å². The zero-order valence-electron chi connectivity index (χ0n) is 16.1. The number of H-pyrrole nitrogens is 1. The summed E-state index contributed by atoms with van der Waals surface area (Å²) in [4.78, 5) is 15.0. The lowest BCUT2D eigenvalue weighted by Gasteiger charge is -2.11. The number of hydrogen-bond donors (Lipinski definition) is 2. The van der Waals surface area contributed by atoms with E-state index in [2.05, 4.69) is 24.9 Å². The second-order valence-electron chi connectivity index (χ2n) is 6.77. The number of carboxylic acid groups (broad SMARTS) is 1. The van der Waals surface area contributed by atoms with Crippen LogP contribution in [0.5, 0.6) is 11.5 Å². The van der Waals surface area contributed by atoms with Gasteiger partial charge in [0.2, 0.25) is 0 Å². The Hall–Kier alpha value is -2.95. The lowest BCUT2D eigenvalue weighted by molar-refractivity contribution is -0.136. The zero-order chi connectivity index (χ0) is 19.6. The third-order valence-corrected chi connectivity index (χ3v) is 4.68. The van der Waals surface area contributed by atoms with Gasteiger partial charge in [0.15, 0.2) is 11.5 Å². The van der Waals surface area contributed by atoms with E-state index in [9.17, 15) is 9.90 Å². The SMILES string of the molecule is CCOc1ccc(-c2[nH]c3c(C(C)C)cccc3c2CC(=O)O)cc1OC. The van der Waals surface area contributed by atoms with Gasteiger partial charge in [-0.2, -0.15) is 0 Å². The number of hydrogen-bond acceptors (Lipinski definition) is 3. The average Bonchev–Trinajstić information content (AvgIpc) is 3.00. The molecule has 5 nitrogen and oxygen atoms in total. The number of aromatic amines is 1. The van der Waals surface area contributed by atoms with Crippen molar-refractivity contribution in [3.8, 4) is 22.8 Å². The van der Waals surface area contributed by atoms with E-state index in [4.69, 9.17) is 9.47 Å². The van der Waals surface area contributed by atoms with Crippen molar-refractivity contribution in [3.05, 3.63) is 47.5 Å². The summed E-state index contributed by atoms with van der Waals surface area (Å²) in [6, 6.07) is 11.7. The van der Waals surface area contributed by atoms with Gasteiger partial charge in [0.05, 0.1) is 25.8 Å². The van der Waals surface area contributed by atoms with Crippen LogP contribution in [0.4, 0.5) is 0 Å². The van der Waals surface area contributed by atoms with Crippen LogP contribution >= 0.6 is 0 Å². The van der Waals surface area contributed by atoms with Crippen molar-refractivity contribution in [3.63, 3.8) is 0 Å². The molecule has 2 aromatic carbocycles. The standard InChI is InChI=1S/C22H25NO4/c1-5-27-18-10-9-14(11-19(18)26-4)21-17(12-20(24)25)16-8-6-7-15(13(2)3)22(16)23-21/h6-11,13,23H,5,12H2,1-4H3,(H,24,25). The fourth-order valence-corrected chi connectivity index (χ4v) is 3.46. The fourth-order valence-electron chi connectivity index (χ4n) is 3.46. The summed E-state index contributed by atoms with van der Waals surface area (Å²) >= 11 is 0. The number of methoxy groups -OCH3 is 1. The Morgan fingerprint density at radius 1 is 1.19 bits per heavy atom. The lowest BCUT2D eigenvalue weighted by Crippen LogP contribution is -2.01. The van der Waals surface area contributed by atoms with E-state index < -0.39 is 5.97 Å². The van der Waals surface area contributed by atoms with E-state index >= 15 is 0 Å². The second kappa shape index (κ2) is 7.74. The molecule has 0 aliphatic heterocycles. The lowest BCUT2D eigenvalue weighted by atomic mass is 9.97. The summed E-state index contributed by atoms with van der Waals surface area (Å²) in [6.07, 6.45) is -0.0492. The van der Waals surface area contributed by atoms with Crippen LogP contribution in [-0.4, -0.2) is 29.8 Å². The Labute approximate surface area is 158 Å². The van der Waals surface area contributed by atoms with Gasteiger partial charge >= 0.3 is 5.97 Å². The zero-order valence-corrected chi connectivity index (χ0v) is 16.1. The van der Waals surface area contributed by atoms with Crippen LogP contribution in [0.15, 0.2) is 36.4 Å². The van der Waals surface area contributed by atoms with E-state index in [1.54, 1.807) is 7.11 Å². The fraction of sp³-hybridized carbons (Fsp3) is 0.318. The highest BCUT2D eigenvalue weighted by Crippen LogP contribution is 2.38. The highest BCUT2D eigenvalue weighted by atomic mass is 16.5. The van der Waals surface area contributed by atoms with Gasteiger partial charge in [-0.25, -0.2) is 0 Å². The maximum absolute atomic E-state index is 11.5. The van der Waals surface area contributed by atoms with Crippen molar-refractivity contribution >= 4 is 16.9 Å². The van der Waals surface area contributed by atoms with Crippen molar-refractivity contribution in [1.29, 1.82) is 0 Å². The summed E-state index contributed by atoms with van der Waals surface area (Å²) in [5, 5.41) is 10.4. The van der Waals surface area contributed by atoms with Crippen molar-refractivity contribution in [2.75, 3.05) is 13.7 Å². The average molecular weight is 367 g/mol. The number of carbonyl (C=O) groups is 1. The first kappa shape index (κ1) is 18.8. The number of rotatable bonds is 7. The molecule has 0 unspecified atom stereocenters. The molecule has 27 heavy (non-hydrogen) atoms.